The molecule has 1 rings (SSSR count). The molecule has 84 valence electrons. The quantitative estimate of drug-likeness (QED) is 0.773. The first-order chi connectivity index (χ1) is 7.11. The van der Waals surface area contributed by atoms with Crippen molar-refractivity contribution in [3.63, 3.8) is 0 Å². The van der Waals surface area contributed by atoms with E-state index in [1.165, 1.54) is 7.11 Å². The Hall–Kier alpha value is -0.940. The molecule has 0 atom stereocenters. The smallest absolute Gasteiger partial charge is 0.311 e. The number of nitrogens with zero attached hydrogens (tertiary/aromatic N) is 1. The highest BCUT2D eigenvalue weighted by molar-refractivity contribution is 7.09. The summed E-state index contributed by atoms with van der Waals surface area (Å²) in [6.07, 6.45) is 0.259. The number of carbonyl (C=O) groups is 1. The van der Waals surface area contributed by atoms with Crippen LogP contribution in [0.25, 0.3) is 0 Å². The molecule has 0 aliphatic carbocycles. The molecule has 0 unspecified atom stereocenters. The first-order valence-corrected chi connectivity index (χ1v) is 5.73. The summed E-state index contributed by atoms with van der Waals surface area (Å²) in [6, 6.07) is 0.443. The third-order valence-corrected chi connectivity index (χ3v) is 2.71. The molecule has 0 amide bonds. The van der Waals surface area contributed by atoms with Gasteiger partial charge in [-0.25, -0.2) is 4.98 Å². The molecular formula is C10H16N2O2S. The van der Waals surface area contributed by atoms with Crippen LogP contribution >= 0.6 is 11.3 Å². The predicted octanol–water partition coefficient (Wildman–Crippen LogP) is 1.36. The van der Waals surface area contributed by atoms with Gasteiger partial charge >= 0.3 is 5.97 Å². The number of hydrogen-bond acceptors (Lipinski definition) is 5. The van der Waals surface area contributed by atoms with Crippen LogP contribution in [0, 0.1) is 0 Å². The Bertz CT molecular complexity index is 323. The second kappa shape index (κ2) is 5.82. The molecule has 0 spiro atoms. The lowest BCUT2D eigenvalue weighted by Crippen LogP contribution is -2.21. The van der Waals surface area contributed by atoms with Gasteiger partial charge in [0.15, 0.2) is 0 Å². The Labute approximate surface area is 93.7 Å². The monoisotopic (exact) mass is 228 g/mol. The number of methoxy groups -OCH3 is 1. The molecule has 0 bridgehead atoms. The van der Waals surface area contributed by atoms with Crippen molar-refractivity contribution in [3.05, 3.63) is 16.1 Å². The Morgan fingerprint density at radius 2 is 2.40 bits per heavy atom. The molecule has 4 nitrogen and oxygen atoms in total. The van der Waals surface area contributed by atoms with Crippen LogP contribution in [-0.4, -0.2) is 24.1 Å². The summed E-state index contributed by atoms with van der Waals surface area (Å²) in [4.78, 5) is 15.3. The van der Waals surface area contributed by atoms with E-state index in [0.29, 0.717) is 6.04 Å². The fraction of sp³-hybridized carbons (Fsp3) is 0.600. The molecule has 1 heterocycles. The van der Waals surface area contributed by atoms with Gasteiger partial charge in [-0.2, -0.15) is 0 Å². The minimum absolute atomic E-state index is 0.247. The van der Waals surface area contributed by atoms with Crippen LogP contribution in [0.1, 0.15) is 24.5 Å². The normalized spacial score (nSPS) is 10.7. The third-order valence-electron chi connectivity index (χ3n) is 1.81. The van der Waals surface area contributed by atoms with Gasteiger partial charge in [0.25, 0.3) is 0 Å². The van der Waals surface area contributed by atoms with Crippen molar-refractivity contribution in [3.8, 4) is 0 Å². The van der Waals surface area contributed by atoms with E-state index in [1.807, 2.05) is 5.38 Å². The first kappa shape index (κ1) is 12.1. The van der Waals surface area contributed by atoms with Crippen molar-refractivity contribution < 1.29 is 9.53 Å². The molecule has 0 saturated carbocycles. The van der Waals surface area contributed by atoms with Crippen LogP contribution < -0.4 is 5.32 Å². The van der Waals surface area contributed by atoms with E-state index in [4.69, 9.17) is 0 Å². The fourth-order valence-electron chi connectivity index (χ4n) is 1.02. The van der Waals surface area contributed by atoms with E-state index in [0.717, 1.165) is 17.2 Å². The third kappa shape index (κ3) is 4.40. The van der Waals surface area contributed by atoms with E-state index in [9.17, 15) is 4.79 Å². The molecule has 1 aromatic rings. The van der Waals surface area contributed by atoms with E-state index >= 15 is 0 Å². The van der Waals surface area contributed by atoms with E-state index in [2.05, 4.69) is 28.9 Å². The van der Waals surface area contributed by atoms with Crippen LogP contribution in [0.5, 0.6) is 0 Å². The highest BCUT2D eigenvalue weighted by Gasteiger charge is 2.07. The van der Waals surface area contributed by atoms with Crippen molar-refractivity contribution >= 4 is 17.3 Å². The topological polar surface area (TPSA) is 51.2 Å². The van der Waals surface area contributed by atoms with Gasteiger partial charge in [-0.3, -0.25) is 4.79 Å². The van der Waals surface area contributed by atoms with Crippen LogP contribution in [0.3, 0.4) is 0 Å². The van der Waals surface area contributed by atoms with Gasteiger partial charge in [0.1, 0.15) is 5.01 Å². The molecular weight excluding hydrogens is 212 g/mol. The molecule has 0 fully saturated rings. The Kier molecular flexibility index (Phi) is 4.71. The van der Waals surface area contributed by atoms with Crippen LogP contribution in [0.2, 0.25) is 0 Å². The average Bonchev–Trinajstić information content (AvgIpc) is 2.62. The van der Waals surface area contributed by atoms with Crippen molar-refractivity contribution in [1.29, 1.82) is 0 Å². The van der Waals surface area contributed by atoms with Crippen molar-refractivity contribution in [2.45, 2.75) is 32.9 Å². The Morgan fingerprint density at radius 1 is 1.67 bits per heavy atom. The van der Waals surface area contributed by atoms with Gasteiger partial charge in [-0.15, -0.1) is 11.3 Å². The largest absolute Gasteiger partial charge is 0.469 e. The fourth-order valence-corrected chi connectivity index (χ4v) is 1.77. The van der Waals surface area contributed by atoms with E-state index in [-0.39, 0.29) is 12.4 Å². The minimum atomic E-state index is -0.247. The Balaban J connectivity index is 2.45. The molecule has 5 heteroatoms. The predicted molar refractivity (Wildman–Crippen MR) is 59.8 cm³/mol. The van der Waals surface area contributed by atoms with E-state index < -0.39 is 0 Å². The standard InChI is InChI=1S/C10H16N2O2S/c1-7(2)11-5-9-12-8(6-15-9)4-10(13)14-3/h6-7,11H,4-5H2,1-3H3. The number of ether oxygens (including phenoxy) is 1. The molecule has 1 aromatic heterocycles. The van der Waals surface area contributed by atoms with Gasteiger partial charge in [0.2, 0.25) is 0 Å². The number of thiazole rings is 1. The highest BCUT2D eigenvalue weighted by atomic mass is 32.1. The lowest BCUT2D eigenvalue weighted by molar-refractivity contribution is -0.139. The second-order valence-electron chi connectivity index (χ2n) is 3.52. The summed E-state index contributed by atoms with van der Waals surface area (Å²) in [5.41, 5.74) is 0.785. The first-order valence-electron chi connectivity index (χ1n) is 4.85. The zero-order valence-corrected chi connectivity index (χ0v) is 10.1. The molecule has 1 N–H and O–H groups in total. The molecule has 0 radical (unpaired) electrons. The highest BCUT2D eigenvalue weighted by Crippen LogP contribution is 2.10. The van der Waals surface area contributed by atoms with Crippen LogP contribution in [0.15, 0.2) is 5.38 Å². The van der Waals surface area contributed by atoms with Crippen LogP contribution in [0.4, 0.5) is 0 Å². The number of carbonyl (C=O) groups excluding carboxylic acids is 1. The number of nitrogens with one attached hydrogen (secondary N) is 1. The maximum Gasteiger partial charge on any atom is 0.311 e. The lowest BCUT2D eigenvalue weighted by atomic mass is 10.3. The van der Waals surface area contributed by atoms with Gasteiger partial charge in [-0.05, 0) is 0 Å². The van der Waals surface area contributed by atoms with Gasteiger partial charge in [0.05, 0.1) is 19.2 Å². The van der Waals surface area contributed by atoms with Gasteiger partial charge in [0, 0.05) is 18.0 Å². The second-order valence-corrected chi connectivity index (χ2v) is 4.46. The number of rotatable bonds is 5. The maximum absolute atomic E-state index is 11.0. The molecule has 0 aliphatic heterocycles. The minimum Gasteiger partial charge on any atom is -0.469 e. The number of hydrogen-bond donors (Lipinski definition) is 1. The maximum atomic E-state index is 11.0. The average molecular weight is 228 g/mol. The zero-order valence-electron chi connectivity index (χ0n) is 9.24. The summed E-state index contributed by atoms with van der Waals surface area (Å²) in [5.74, 6) is -0.247. The summed E-state index contributed by atoms with van der Waals surface area (Å²) in [7, 11) is 1.38. The van der Waals surface area contributed by atoms with Crippen molar-refractivity contribution in [1.82, 2.24) is 10.3 Å². The van der Waals surface area contributed by atoms with Crippen molar-refractivity contribution in [2.24, 2.45) is 0 Å². The van der Waals surface area contributed by atoms with E-state index in [1.54, 1.807) is 11.3 Å². The molecule has 15 heavy (non-hydrogen) atoms. The summed E-state index contributed by atoms with van der Waals surface area (Å²) < 4.78 is 4.57. The van der Waals surface area contributed by atoms with Gasteiger partial charge in [-0.1, -0.05) is 13.8 Å². The number of esters is 1. The van der Waals surface area contributed by atoms with Gasteiger partial charge < -0.3 is 10.1 Å². The Morgan fingerprint density at radius 3 is 3.00 bits per heavy atom. The summed E-state index contributed by atoms with van der Waals surface area (Å²) in [6.45, 7) is 4.93. The summed E-state index contributed by atoms with van der Waals surface area (Å²) in [5, 5.41) is 6.17. The zero-order chi connectivity index (χ0) is 11.3. The summed E-state index contributed by atoms with van der Waals surface area (Å²) >= 11 is 1.56. The SMILES string of the molecule is COC(=O)Cc1csc(CNC(C)C)n1. The van der Waals surface area contributed by atoms with Crippen molar-refractivity contribution in [2.75, 3.05) is 7.11 Å². The number of aromatic nitrogens is 1. The lowest BCUT2D eigenvalue weighted by Gasteiger charge is -2.04. The van der Waals surface area contributed by atoms with Crippen LogP contribution in [-0.2, 0) is 22.5 Å². The molecule has 0 saturated heterocycles. The molecule has 0 aromatic carbocycles. The molecule has 0 aliphatic rings.